The molecule has 72 valence electrons. The number of hydrogen-bond donors (Lipinski definition) is 0. The van der Waals surface area contributed by atoms with Gasteiger partial charge in [-0.15, -0.1) is 0 Å². The van der Waals surface area contributed by atoms with Crippen molar-refractivity contribution in [1.82, 2.24) is 5.16 Å². The van der Waals surface area contributed by atoms with Crippen LogP contribution in [-0.2, 0) is 0 Å². The Morgan fingerprint density at radius 3 is 2.54 bits per heavy atom. The van der Waals surface area contributed by atoms with Crippen LogP contribution in [0.4, 0.5) is 0 Å². The van der Waals surface area contributed by atoms with Crippen molar-refractivity contribution >= 4 is 5.78 Å². The molecule has 0 saturated carbocycles. The van der Waals surface area contributed by atoms with Crippen LogP contribution in [0.2, 0.25) is 0 Å². The molecule has 0 aromatic carbocycles. The summed E-state index contributed by atoms with van der Waals surface area (Å²) in [7, 11) is 1.48. The summed E-state index contributed by atoms with van der Waals surface area (Å²) in [6, 6.07) is 1.49. The second-order valence-corrected chi connectivity index (χ2v) is 3.81. The second-order valence-electron chi connectivity index (χ2n) is 3.81. The van der Waals surface area contributed by atoms with Crippen molar-refractivity contribution in [3.8, 4) is 5.88 Å². The Hall–Kier alpha value is -1.32. The van der Waals surface area contributed by atoms with E-state index >= 15 is 0 Å². The molecule has 1 aromatic heterocycles. The number of hydrogen-bond acceptors (Lipinski definition) is 4. The van der Waals surface area contributed by atoms with E-state index < -0.39 is 5.41 Å². The molecule has 1 heterocycles. The first-order valence-corrected chi connectivity index (χ1v) is 4.00. The predicted octanol–water partition coefficient (Wildman–Crippen LogP) is 1.91. The summed E-state index contributed by atoms with van der Waals surface area (Å²) in [4.78, 5) is 11.6. The summed E-state index contributed by atoms with van der Waals surface area (Å²) < 4.78 is 9.62. The molecule has 0 radical (unpaired) electrons. The van der Waals surface area contributed by atoms with Crippen molar-refractivity contribution in [2.24, 2.45) is 5.41 Å². The third-order valence-corrected chi connectivity index (χ3v) is 1.60. The Morgan fingerprint density at radius 2 is 2.15 bits per heavy atom. The molecule has 0 unspecified atom stereocenters. The average molecular weight is 183 g/mol. The molecule has 0 atom stereocenters. The van der Waals surface area contributed by atoms with E-state index in [1.165, 1.54) is 13.2 Å². The van der Waals surface area contributed by atoms with Gasteiger partial charge < -0.3 is 9.26 Å². The molecule has 0 aliphatic carbocycles. The summed E-state index contributed by atoms with van der Waals surface area (Å²) in [5.74, 6) is 0.486. The van der Waals surface area contributed by atoms with Crippen LogP contribution >= 0.6 is 0 Å². The minimum absolute atomic E-state index is 0.0803. The van der Waals surface area contributed by atoms with Crippen molar-refractivity contribution in [3.05, 3.63) is 11.8 Å². The number of carbonyl (C=O) groups is 1. The molecule has 0 spiro atoms. The SMILES string of the molecule is COc1cc(C(=O)C(C)(C)C)on1. The lowest BCUT2D eigenvalue weighted by molar-refractivity contribution is 0.0818. The maximum Gasteiger partial charge on any atom is 0.254 e. The summed E-state index contributed by atoms with van der Waals surface area (Å²) in [5, 5.41) is 3.55. The monoisotopic (exact) mass is 183 g/mol. The summed E-state index contributed by atoms with van der Waals surface area (Å²) >= 11 is 0. The molecule has 4 nitrogen and oxygen atoms in total. The van der Waals surface area contributed by atoms with E-state index in [1.54, 1.807) is 0 Å². The highest BCUT2D eigenvalue weighted by molar-refractivity contribution is 5.97. The Labute approximate surface area is 76.9 Å². The standard InChI is InChI=1S/C9H13NO3/c1-9(2,3)8(11)6-5-7(12-4)10-13-6/h5H,1-4H3. The van der Waals surface area contributed by atoms with E-state index in [0.717, 1.165) is 0 Å². The average Bonchev–Trinajstić information content (AvgIpc) is 2.48. The van der Waals surface area contributed by atoms with Crippen LogP contribution in [0.25, 0.3) is 0 Å². The van der Waals surface area contributed by atoms with E-state index in [2.05, 4.69) is 5.16 Å². The molecule has 1 aromatic rings. The zero-order valence-electron chi connectivity index (χ0n) is 8.25. The quantitative estimate of drug-likeness (QED) is 0.657. The van der Waals surface area contributed by atoms with E-state index in [9.17, 15) is 4.79 Å². The van der Waals surface area contributed by atoms with Gasteiger partial charge in [-0.05, 0) is 5.16 Å². The van der Waals surface area contributed by atoms with Gasteiger partial charge in [0.25, 0.3) is 5.88 Å². The van der Waals surface area contributed by atoms with Gasteiger partial charge in [-0.1, -0.05) is 20.8 Å². The van der Waals surface area contributed by atoms with Gasteiger partial charge in [-0.2, -0.15) is 0 Å². The van der Waals surface area contributed by atoms with Crippen molar-refractivity contribution in [2.75, 3.05) is 7.11 Å². The lowest BCUT2D eigenvalue weighted by Gasteiger charge is -2.12. The minimum Gasteiger partial charge on any atom is -0.479 e. The number of carbonyl (C=O) groups excluding carboxylic acids is 1. The molecule has 0 fully saturated rings. The number of methoxy groups -OCH3 is 1. The number of ketones is 1. The van der Waals surface area contributed by atoms with Crippen LogP contribution in [0.1, 0.15) is 31.3 Å². The van der Waals surface area contributed by atoms with Gasteiger partial charge in [0.05, 0.1) is 13.2 Å². The molecular weight excluding hydrogens is 170 g/mol. The number of aromatic nitrogens is 1. The van der Waals surface area contributed by atoms with Crippen LogP contribution in [0.15, 0.2) is 10.6 Å². The maximum atomic E-state index is 11.6. The lowest BCUT2D eigenvalue weighted by Crippen LogP contribution is -2.19. The second kappa shape index (κ2) is 3.20. The van der Waals surface area contributed by atoms with Crippen LogP contribution in [-0.4, -0.2) is 18.0 Å². The van der Waals surface area contributed by atoms with E-state index in [0.29, 0.717) is 5.88 Å². The summed E-state index contributed by atoms with van der Waals surface area (Å²) in [6.45, 7) is 5.47. The van der Waals surface area contributed by atoms with Crippen molar-refractivity contribution in [2.45, 2.75) is 20.8 Å². The Kier molecular flexibility index (Phi) is 2.40. The molecule has 4 heteroatoms. The van der Waals surface area contributed by atoms with Gasteiger partial charge in [0.1, 0.15) is 0 Å². The van der Waals surface area contributed by atoms with Gasteiger partial charge >= 0.3 is 0 Å². The molecule has 0 aliphatic rings. The smallest absolute Gasteiger partial charge is 0.254 e. The van der Waals surface area contributed by atoms with Crippen LogP contribution in [0.5, 0.6) is 5.88 Å². The molecule has 1 rings (SSSR count). The summed E-state index contributed by atoms with van der Waals surface area (Å²) in [6.07, 6.45) is 0. The van der Waals surface area contributed by atoms with Crippen LogP contribution in [0, 0.1) is 5.41 Å². The van der Waals surface area contributed by atoms with Crippen molar-refractivity contribution in [3.63, 3.8) is 0 Å². The topological polar surface area (TPSA) is 52.3 Å². The zero-order valence-corrected chi connectivity index (χ0v) is 8.25. The molecule has 0 amide bonds. The fourth-order valence-electron chi connectivity index (χ4n) is 0.832. The van der Waals surface area contributed by atoms with Crippen molar-refractivity contribution in [1.29, 1.82) is 0 Å². The van der Waals surface area contributed by atoms with Gasteiger partial charge in [-0.3, -0.25) is 4.79 Å². The zero-order chi connectivity index (χ0) is 10.1. The number of nitrogens with zero attached hydrogens (tertiary/aromatic N) is 1. The van der Waals surface area contributed by atoms with Crippen molar-refractivity contribution < 1.29 is 14.1 Å². The number of Topliss-reactive ketones (excluding diaryl/α,β-unsaturated/α-hetero) is 1. The maximum absolute atomic E-state index is 11.6. The van der Waals surface area contributed by atoms with Gasteiger partial charge in [0.15, 0.2) is 0 Å². The highest BCUT2D eigenvalue weighted by Crippen LogP contribution is 2.22. The molecule has 0 aliphatic heterocycles. The first-order valence-electron chi connectivity index (χ1n) is 4.00. The normalized spacial score (nSPS) is 11.4. The van der Waals surface area contributed by atoms with Gasteiger partial charge in [0.2, 0.25) is 11.5 Å². The minimum atomic E-state index is -0.454. The molecular formula is C9H13NO3. The Bertz CT molecular complexity index is 309. The molecule has 0 bridgehead atoms. The highest BCUT2D eigenvalue weighted by Gasteiger charge is 2.26. The fraction of sp³-hybridized carbons (Fsp3) is 0.556. The first-order chi connectivity index (χ1) is 5.95. The van der Waals surface area contributed by atoms with Gasteiger partial charge in [-0.25, -0.2) is 0 Å². The number of rotatable bonds is 2. The molecule has 0 N–H and O–H groups in total. The first kappa shape index (κ1) is 9.77. The third kappa shape index (κ3) is 2.08. The van der Waals surface area contributed by atoms with E-state index in [4.69, 9.17) is 9.26 Å². The number of ether oxygens (including phenoxy) is 1. The van der Waals surface area contributed by atoms with E-state index in [-0.39, 0.29) is 11.5 Å². The largest absolute Gasteiger partial charge is 0.479 e. The van der Waals surface area contributed by atoms with E-state index in [1.807, 2.05) is 20.8 Å². The molecule has 0 saturated heterocycles. The Morgan fingerprint density at radius 1 is 1.54 bits per heavy atom. The predicted molar refractivity (Wildman–Crippen MR) is 46.8 cm³/mol. The highest BCUT2D eigenvalue weighted by atomic mass is 16.5. The molecule has 13 heavy (non-hydrogen) atoms. The van der Waals surface area contributed by atoms with Gasteiger partial charge in [0, 0.05) is 5.41 Å². The van der Waals surface area contributed by atoms with Crippen LogP contribution < -0.4 is 4.74 Å². The van der Waals surface area contributed by atoms with Crippen LogP contribution in [0.3, 0.4) is 0 Å². The fourth-order valence-corrected chi connectivity index (χ4v) is 0.832. The third-order valence-electron chi connectivity index (χ3n) is 1.60. The Balaban J connectivity index is 2.90. The summed E-state index contributed by atoms with van der Waals surface area (Å²) in [5.41, 5.74) is -0.454. The lowest BCUT2D eigenvalue weighted by atomic mass is 9.89.